The first-order valence-electron chi connectivity index (χ1n) is 8.64. The second-order valence-electron chi connectivity index (χ2n) is 6.89. The number of nitrogens with zero attached hydrogens (tertiary/aromatic N) is 3. The maximum absolute atomic E-state index is 10.7. The van der Waals surface area contributed by atoms with Gasteiger partial charge in [-0.15, -0.1) is 0 Å². The van der Waals surface area contributed by atoms with Gasteiger partial charge in [0.05, 0.1) is 5.60 Å². The van der Waals surface area contributed by atoms with E-state index in [1.54, 1.807) is 0 Å². The van der Waals surface area contributed by atoms with Gasteiger partial charge >= 0.3 is 0 Å². The molecule has 3 heterocycles. The highest BCUT2D eigenvalue weighted by molar-refractivity contribution is 5.35. The van der Waals surface area contributed by atoms with E-state index < -0.39 is 5.60 Å². The minimum atomic E-state index is -0.565. The van der Waals surface area contributed by atoms with E-state index in [2.05, 4.69) is 20.2 Å². The van der Waals surface area contributed by atoms with E-state index in [0.717, 1.165) is 62.7 Å². The van der Waals surface area contributed by atoms with E-state index in [4.69, 9.17) is 4.74 Å². The number of aliphatic hydroxyl groups is 1. The summed E-state index contributed by atoms with van der Waals surface area (Å²) < 4.78 is 5.36. The lowest BCUT2D eigenvalue weighted by Crippen LogP contribution is -2.48. The van der Waals surface area contributed by atoms with E-state index in [-0.39, 0.29) is 0 Å². The number of anilines is 1. The van der Waals surface area contributed by atoms with E-state index in [9.17, 15) is 5.11 Å². The van der Waals surface area contributed by atoms with Crippen LogP contribution in [0, 0.1) is 6.92 Å². The lowest BCUT2D eigenvalue weighted by molar-refractivity contribution is -0.0821. The van der Waals surface area contributed by atoms with Crippen LogP contribution in [0.3, 0.4) is 0 Å². The van der Waals surface area contributed by atoms with Crippen molar-refractivity contribution in [3.05, 3.63) is 17.6 Å². The molecule has 2 N–H and O–H groups in total. The molecule has 2 fully saturated rings. The molecule has 3 rings (SSSR count). The summed E-state index contributed by atoms with van der Waals surface area (Å²) in [7, 11) is 1.89. The third-order valence-corrected chi connectivity index (χ3v) is 5.02. The highest BCUT2D eigenvalue weighted by atomic mass is 16.5. The van der Waals surface area contributed by atoms with Crippen molar-refractivity contribution in [2.75, 3.05) is 45.2 Å². The van der Waals surface area contributed by atoms with Crippen molar-refractivity contribution in [3.63, 3.8) is 0 Å². The number of aryl methyl sites for hydroxylation is 1. The smallest absolute Gasteiger partial charge is 0.134 e. The molecule has 0 bridgehead atoms. The highest BCUT2D eigenvalue weighted by Gasteiger charge is 2.33. The van der Waals surface area contributed by atoms with Gasteiger partial charge in [-0.25, -0.2) is 9.97 Å². The van der Waals surface area contributed by atoms with Gasteiger partial charge in [0.15, 0.2) is 0 Å². The molecule has 23 heavy (non-hydrogen) atoms. The van der Waals surface area contributed by atoms with Crippen molar-refractivity contribution in [2.24, 2.45) is 0 Å². The summed E-state index contributed by atoms with van der Waals surface area (Å²) in [4.78, 5) is 11.6. The molecular formula is C17H28N4O2. The minimum absolute atomic E-state index is 0.419. The van der Waals surface area contributed by atoms with Gasteiger partial charge in [-0.1, -0.05) is 0 Å². The summed E-state index contributed by atoms with van der Waals surface area (Å²) in [6.45, 7) is 6.13. The molecule has 2 aliphatic rings. The van der Waals surface area contributed by atoms with Gasteiger partial charge in [0.2, 0.25) is 0 Å². The predicted octanol–water partition coefficient (Wildman–Crippen LogP) is 1.55. The summed E-state index contributed by atoms with van der Waals surface area (Å²) in [5, 5.41) is 13.8. The summed E-state index contributed by atoms with van der Waals surface area (Å²) >= 11 is 0. The minimum Gasteiger partial charge on any atom is -0.388 e. The van der Waals surface area contributed by atoms with Gasteiger partial charge < -0.3 is 20.1 Å². The molecule has 1 aromatic rings. The molecule has 0 aromatic carbocycles. The predicted molar refractivity (Wildman–Crippen MR) is 89.7 cm³/mol. The van der Waals surface area contributed by atoms with Gasteiger partial charge in [-0.3, -0.25) is 0 Å². The van der Waals surface area contributed by atoms with Crippen LogP contribution in [-0.2, 0) is 4.74 Å². The molecule has 0 radical (unpaired) electrons. The quantitative estimate of drug-likeness (QED) is 0.877. The summed E-state index contributed by atoms with van der Waals surface area (Å²) in [5.41, 5.74) is 0.447. The zero-order chi connectivity index (χ0) is 16.3. The van der Waals surface area contributed by atoms with Crippen LogP contribution in [-0.4, -0.2) is 65.5 Å². The molecule has 0 aliphatic carbocycles. The number of aromatic nitrogens is 2. The number of hydrogen-bond acceptors (Lipinski definition) is 6. The molecule has 6 nitrogen and oxygen atoms in total. The Balaban J connectivity index is 1.57. The van der Waals surface area contributed by atoms with Gasteiger partial charge in [0.25, 0.3) is 0 Å². The van der Waals surface area contributed by atoms with Crippen molar-refractivity contribution in [2.45, 2.75) is 44.1 Å². The third-order valence-electron chi connectivity index (χ3n) is 5.02. The van der Waals surface area contributed by atoms with Gasteiger partial charge in [0.1, 0.15) is 11.6 Å². The molecule has 2 saturated heterocycles. The molecule has 0 atom stereocenters. The van der Waals surface area contributed by atoms with Crippen molar-refractivity contribution < 1.29 is 9.84 Å². The fraction of sp³-hybridized carbons (Fsp3) is 0.765. The molecule has 0 amide bonds. The van der Waals surface area contributed by atoms with E-state index in [1.165, 1.54) is 0 Å². The van der Waals surface area contributed by atoms with Gasteiger partial charge in [0, 0.05) is 57.3 Å². The Hall–Kier alpha value is -1.24. The molecule has 0 saturated carbocycles. The first kappa shape index (κ1) is 16.6. The largest absolute Gasteiger partial charge is 0.388 e. The van der Waals surface area contributed by atoms with Crippen molar-refractivity contribution in [1.82, 2.24) is 14.9 Å². The summed E-state index contributed by atoms with van der Waals surface area (Å²) in [6, 6.07) is 1.97. The Morgan fingerprint density at radius 2 is 2.00 bits per heavy atom. The Bertz CT molecular complexity index is 523. The molecular weight excluding hydrogens is 292 g/mol. The maximum Gasteiger partial charge on any atom is 0.134 e. The molecule has 2 aliphatic heterocycles. The van der Waals surface area contributed by atoms with Crippen LogP contribution in [0.25, 0.3) is 0 Å². The fourth-order valence-corrected chi connectivity index (χ4v) is 3.58. The standard InChI is InChI=1S/C17H28N4O2/c1-13-11-15(18-2)20-16(19-13)14-3-7-21(8-4-14)12-17(22)5-9-23-10-6-17/h11,14,22H,3-10,12H2,1-2H3,(H,18,19,20). The van der Waals surface area contributed by atoms with Crippen molar-refractivity contribution in [3.8, 4) is 0 Å². The van der Waals surface area contributed by atoms with Crippen LogP contribution in [0.5, 0.6) is 0 Å². The normalized spacial score (nSPS) is 22.9. The van der Waals surface area contributed by atoms with Crippen LogP contribution in [0.15, 0.2) is 6.07 Å². The monoisotopic (exact) mass is 320 g/mol. The Labute approximate surface area is 138 Å². The second-order valence-corrected chi connectivity index (χ2v) is 6.89. The number of likely N-dealkylation sites (tertiary alicyclic amines) is 1. The van der Waals surface area contributed by atoms with Crippen molar-refractivity contribution in [1.29, 1.82) is 0 Å². The average Bonchev–Trinajstić information content (AvgIpc) is 2.55. The lowest BCUT2D eigenvalue weighted by atomic mass is 9.90. The van der Waals surface area contributed by atoms with Crippen LogP contribution < -0.4 is 5.32 Å². The number of piperidine rings is 1. The number of hydrogen-bond donors (Lipinski definition) is 2. The fourth-order valence-electron chi connectivity index (χ4n) is 3.58. The Morgan fingerprint density at radius 3 is 2.65 bits per heavy atom. The SMILES string of the molecule is CNc1cc(C)nc(C2CCN(CC3(O)CCOCC3)CC2)n1. The van der Waals surface area contributed by atoms with Crippen LogP contribution in [0.4, 0.5) is 5.82 Å². The molecule has 0 spiro atoms. The van der Waals surface area contributed by atoms with Gasteiger partial charge in [-0.05, 0) is 32.9 Å². The third kappa shape index (κ3) is 4.19. The first-order chi connectivity index (χ1) is 11.1. The Kier molecular flexibility index (Phi) is 5.14. The highest BCUT2D eigenvalue weighted by Crippen LogP contribution is 2.29. The number of rotatable bonds is 4. The second kappa shape index (κ2) is 7.11. The van der Waals surface area contributed by atoms with Crippen LogP contribution in [0.2, 0.25) is 0 Å². The Morgan fingerprint density at radius 1 is 1.30 bits per heavy atom. The molecule has 1 aromatic heterocycles. The molecule has 6 heteroatoms. The molecule has 0 unspecified atom stereocenters. The lowest BCUT2D eigenvalue weighted by Gasteiger charge is -2.39. The van der Waals surface area contributed by atoms with Gasteiger partial charge in [-0.2, -0.15) is 0 Å². The van der Waals surface area contributed by atoms with Crippen LogP contribution in [0.1, 0.15) is 43.1 Å². The first-order valence-corrected chi connectivity index (χ1v) is 8.64. The summed E-state index contributed by atoms with van der Waals surface area (Å²) in [5.74, 6) is 2.27. The average molecular weight is 320 g/mol. The maximum atomic E-state index is 10.7. The zero-order valence-electron chi connectivity index (χ0n) is 14.2. The summed E-state index contributed by atoms with van der Waals surface area (Å²) in [6.07, 6.45) is 3.61. The van der Waals surface area contributed by atoms with E-state index in [0.29, 0.717) is 19.1 Å². The number of nitrogens with one attached hydrogen (secondary N) is 1. The zero-order valence-corrected chi connectivity index (χ0v) is 14.2. The number of β-amino-alcohol motifs (C(OH)–C–C–N with tert-alkyl or cyclic N) is 1. The van der Waals surface area contributed by atoms with Crippen molar-refractivity contribution >= 4 is 5.82 Å². The van der Waals surface area contributed by atoms with Crippen LogP contribution >= 0.6 is 0 Å². The van der Waals surface area contributed by atoms with E-state index >= 15 is 0 Å². The van der Waals surface area contributed by atoms with E-state index in [1.807, 2.05) is 20.0 Å². The topological polar surface area (TPSA) is 70.5 Å². The molecule has 128 valence electrons. The number of ether oxygens (including phenoxy) is 1.